The fourth-order valence-electron chi connectivity index (χ4n) is 7.62. The van der Waals surface area contributed by atoms with E-state index in [0.29, 0.717) is 25.2 Å². The van der Waals surface area contributed by atoms with Gasteiger partial charge in [0.1, 0.15) is 23.4 Å². The molecule has 1 aromatic heterocycles. The van der Waals surface area contributed by atoms with Crippen molar-refractivity contribution < 1.29 is 28.7 Å². The number of hydrogen-bond acceptors (Lipinski definition) is 7. The summed E-state index contributed by atoms with van der Waals surface area (Å²) in [5.74, 6) is -1.33. The largest absolute Gasteiger partial charge is 0.488 e. The van der Waals surface area contributed by atoms with Crippen LogP contribution in [0.4, 0.5) is 0 Å². The summed E-state index contributed by atoms with van der Waals surface area (Å²) in [4.78, 5) is 60.9. The lowest BCUT2D eigenvalue weighted by molar-refractivity contribution is -0.150. The number of hydrogen-bond donors (Lipinski definition) is 1. The van der Waals surface area contributed by atoms with Gasteiger partial charge in [0.2, 0.25) is 11.8 Å². The molecule has 2 amide bonds. The monoisotopic (exact) mass is 679 g/mol. The van der Waals surface area contributed by atoms with Gasteiger partial charge in [-0.1, -0.05) is 56.2 Å². The van der Waals surface area contributed by atoms with Crippen LogP contribution in [0.1, 0.15) is 82.8 Å². The van der Waals surface area contributed by atoms with E-state index in [2.05, 4.69) is 31.0 Å². The Morgan fingerprint density at radius 1 is 1.12 bits per heavy atom. The number of carbonyl (C=O) groups excluding carboxylic acids is 4. The van der Waals surface area contributed by atoms with Crippen molar-refractivity contribution in [2.75, 3.05) is 13.2 Å². The van der Waals surface area contributed by atoms with Crippen LogP contribution in [0.5, 0.6) is 5.75 Å². The molecular formula is C41H49N3O6. The minimum absolute atomic E-state index is 0.0414. The van der Waals surface area contributed by atoms with Gasteiger partial charge >= 0.3 is 5.97 Å². The molecule has 2 aliphatic heterocycles. The number of Topliss-reactive ketones (excluding diaryl/α,β-unsaturated/α-hetero) is 1. The second kappa shape index (κ2) is 15.2. The summed E-state index contributed by atoms with van der Waals surface area (Å²) in [5, 5.41) is 3.89. The Kier molecular flexibility index (Phi) is 10.7. The van der Waals surface area contributed by atoms with Gasteiger partial charge in [0.25, 0.3) is 0 Å². The van der Waals surface area contributed by atoms with E-state index >= 15 is 0 Å². The maximum absolute atomic E-state index is 14.4. The number of fused-ring (bicyclic) bond motifs is 3. The average molecular weight is 680 g/mol. The number of amides is 2. The normalized spacial score (nSPS) is 25.7. The Labute approximate surface area is 294 Å². The molecular weight excluding hydrogens is 630 g/mol. The summed E-state index contributed by atoms with van der Waals surface area (Å²) in [5.41, 5.74) is 3.88. The van der Waals surface area contributed by atoms with E-state index in [1.165, 1.54) is 12.5 Å². The number of aryl methyl sites for hydroxylation is 2. The van der Waals surface area contributed by atoms with Gasteiger partial charge in [-0.15, -0.1) is 6.58 Å². The van der Waals surface area contributed by atoms with Crippen molar-refractivity contribution in [1.29, 1.82) is 0 Å². The second-order valence-electron chi connectivity index (χ2n) is 14.3. The molecule has 9 nitrogen and oxygen atoms in total. The number of pyridine rings is 1. The molecule has 264 valence electrons. The molecule has 3 aliphatic rings. The molecule has 50 heavy (non-hydrogen) atoms. The highest BCUT2D eigenvalue weighted by Gasteiger charge is 2.58. The quantitative estimate of drug-likeness (QED) is 0.209. The van der Waals surface area contributed by atoms with Crippen molar-refractivity contribution in [3.05, 3.63) is 72.3 Å². The van der Waals surface area contributed by atoms with E-state index in [4.69, 9.17) is 14.5 Å². The average Bonchev–Trinajstić information content (AvgIpc) is 3.67. The summed E-state index contributed by atoms with van der Waals surface area (Å²) in [6.07, 6.45) is 7.43. The highest BCUT2D eigenvalue weighted by Crippen LogP contribution is 2.45. The zero-order chi connectivity index (χ0) is 35.4. The number of rotatable bonds is 8. The Morgan fingerprint density at radius 2 is 1.92 bits per heavy atom. The minimum atomic E-state index is -1.01. The molecule has 0 unspecified atom stereocenters. The predicted octanol–water partition coefficient (Wildman–Crippen LogP) is 6.67. The number of cyclic esters (lactones) is 1. The van der Waals surface area contributed by atoms with Crippen molar-refractivity contribution in [3.8, 4) is 17.0 Å². The molecule has 0 radical (unpaired) electrons. The molecule has 6 rings (SSSR count). The van der Waals surface area contributed by atoms with Gasteiger partial charge < -0.3 is 19.7 Å². The first-order chi connectivity index (χ1) is 24.1. The molecule has 2 aromatic carbocycles. The van der Waals surface area contributed by atoms with Crippen LogP contribution in [0.15, 0.2) is 61.2 Å². The first kappa shape index (κ1) is 35.3. The van der Waals surface area contributed by atoms with E-state index in [9.17, 15) is 19.2 Å². The van der Waals surface area contributed by atoms with Crippen LogP contribution < -0.4 is 10.1 Å². The van der Waals surface area contributed by atoms with Gasteiger partial charge in [0.05, 0.1) is 30.8 Å². The van der Waals surface area contributed by atoms with Gasteiger partial charge in [-0.2, -0.15) is 0 Å². The number of esters is 1. The van der Waals surface area contributed by atoms with Crippen molar-refractivity contribution in [1.82, 2.24) is 15.2 Å². The Balaban J connectivity index is 1.40. The summed E-state index contributed by atoms with van der Waals surface area (Å²) in [7, 11) is 0. The van der Waals surface area contributed by atoms with Crippen LogP contribution in [0.2, 0.25) is 0 Å². The number of carbonyl (C=O) groups is 4. The summed E-state index contributed by atoms with van der Waals surface area (Å²) in [6, 6.07) is 15.3. The molecule has 3 heterocycles. The van der Waals surface area contributed by atoms with Crippen LogP contribution in [0, 0.1) is 18.8 Å². The third-order valence-electron chi connectivity index (χ3n) is 10.7. The number of benzene rings is 2. The van der Waals surface area contributed by atoms with E-state index in [1.54, 1.807) is 11.0 Å². The van der Waals surface area contributed by atoms with E-state index in [1.807, 2.05) is 43.3 Å². The fourth-order valence-corrected chi connectivity index (χ4v) is 7.62. The lowest BCUT2D eigenvalue weighted by Gasteiger charge is -2.29. The molecule has 2 fully saturated rings. The number of unbranched alkanes of at least 4 members (excludes halogenated alkanes) is 1. The molecule has 5 atom stereocenters. The molecule has 3 aromatic rings. The molecule has 1 saturated carbocycles. The maximum atomic E-state index is 14.4. The highest BCUT2D eigenvalue weighted by molar-refractivity contribution is 5.98. The van der Waals surface area contributed by atoms with E-state index in [-0.39, 0.29) is 37.0 Å². The smallest absolute Gasteiger partial charge is 0.306 e. The Bertz CT molecular complexity index is 1770. The number of nitrogens with zero attached hydrogens (tertiary/aromatic N) is 2. The first-order valence-corrected chi connectivity index (χ1v) is 18.2. The topological polar surface area (TPSA) is 115 Å². The zero-order valence-electron chi connectivity index (χ0n) is 29.5. The first-order valence-electron chi connectivity index (χ1n) is 18.2. The molecule has 9 heteroatoms. The van der Waals surface area contributed by atoms with Crippen LogP contribution in [0.25, 0.3) is 22.2 Å². The maximum Gasteiger partial charge on any atom is 0.306 e. The molecule has 1 aliphatic carbocycles. The standard InChI is InChI=1S/C41H49N3O6/c1-5-7-14-30-21-38(46)49-18-13-9-12-17-29-20-33-35(19-26(29)3)42-34(28-15-10-8-11-16-28)23-37(33)50-32-22-36(44(25-32)40(30)48)39(47)43-41(27(4)45)24-31(41)6-2/h6,8,10-11,15-16,19-20,23,30-32,36H,2,5,7,9,12-14,17-18,21-22,24-25H2,1,3-4H3,(H,43,47)/t30-,31-,32-,36+,41+/m1/s1. The summed E-state index contributed by atoms with van der Waals surface area (Å²) < 4.78 is 12.4. The number of ether oxygens (including phenoxy) is 2. The van der Waals surface area contributed by atoms with Crippen LogP contribution in [0.3, 0.4) is 0 Å². The molecule has 1 N–H and O–H groups in total. The molecule has 4 bridgehead atoms. The van der Waals surface area contributed by atoms with Gasteiger partial charge in [0.15, 0.2) is 5.78 Å². The van der Waals surface area contributed by atoms with Crippen LogP contribution in [-0.2, 0) is 30.3 Å². The van der Waals surface area contributed by atoms with Crippen LogP contribution in [-0.4, -0.2) is 64.3 Å². The lowest BCUT2D eigenvalue weighted by Crippen LogP contribution is -2.53. The van der Waals surface area contributed by atoms with Gasteiger partial charge in [-0.25, -0.2) is 4.98 Å². The third-order valence-corrected chi connectivity index (χ3v) is 10.7. The predicted molar refractivity (Wildman–Crippen MR) is 192 cm³/mol. The van der Waals surface area contributed by atoms with E-state index in [0.717, 1.165) is 66.2 Å². The van der Waals surface area contributed by atoms with Gasteiger partial charge in [0, 0.05) is 35.3 Å². The minimum Gasteiger partial charge on any atom is -0.488 e. The Hall–Kier alpha value is -4.53. The van der Waals surface area contributed by atoms with Crippen LogP contribution >= 0.6 is 0 Å². The van der Waals surface area contributed by atoms with Crippen molar-refractivity contribution in [3.63, 3.8) is 0 Å². The molecule has 0 spiro atoms. The van der Waals surface area contributed by atoms with Crippen molar-refractivity contribution in [2.45, 2.75) is 103 Å². The highest BCUT2D eigenvalue weighted by atomic mass is 16.5. The third kappa shape index (κ3) is 7.47. The number of nitrogens with one attached hydrogen (secondary N) is 1. The zero-order valence-corrected chi connectivity index (χ0v) is 29.5. The summed E-state index contributed by atoms with van der Waals surface area (Å²) >= 11 is 0. The lowest BCUT2D eigenvalue weighted by atomic mass is 9.96. The second-order valence-corrected chi connectivity index (χ2v) is 14.3. The van der Waals surface area contributed by atoms with Crippen molar-refractivity contribution >= 4 is 34.5 Å². The van der Waals surface area contributed by atoms with Gasteiger partial charge in [-0.05, 0) is 75.6 Å². The van der Waals surface area contributed by atoms with E-state index < -0.39 is 35.5 Å². The number of ketones is 1. The van der Waals surface area contributed by atoms with Crippen molar-refractivity contribution in [2.24, 2.45) is 11.8 Å². The molecule has 1 saturated heterocycles. The fraction of sp³-hybridized carbons (Fsp3) is 0.488. The Morgan fingerprint density at radius 3 is 2.64 bits per heavy atom. The summed E-state index contributed by atoms with van der Waals surface area (Å²) in [6.45, 7) is 9.94. The van der Waals surface area contributed by atoms with Gasteiger partial charge in [-0.3, -0.25) is 19.2 Å². The SMILES string of the molecule is C=C[C@@H]1C[C@]1(NC(=O)[C@@H]1C[C@@H]2CN1C(=O)[C@H](CCCC)CC(=O)OCCCCCc1cc3c(cc(-c4ccccc4)nc3cc1C)O2)C(C)=O. The number of aromatic nitrogens is 1.